The van der Waals surface area contributed by atoms with Crippen molar-refractivity contribution in [3.63, 3.8) is 0 Å². The van der Waals surface area contributed by atoms with Crippen LogP contribution in [0, 0.1) is 0 Å². The maximum absolute atomic E-state index is 13.3. The largest absolute Gasteiger partial charge is 0.416 e. The molecular formula is C18H14ClF5N3O3P. The van der Waals surface area contributed by atoms with Gasteiger partial charge in [-0.15, -0.1) is 0 Å². The summed E-state index contributed by atoms with van der Waals surface area (Å²) < 4.78 is 87.3. The van der Waals surface area contributed by atoms with Crippen molar-refractivity contribution < 1.29 is 35.6 Å². The molecule has 0 bridgehead atoms. The van der Waals surface area contributed by atoms with Gasteiger partial charge in [0.2, 0.25) is 5.82 Å². The fourth-order valence-corrected chi connectivity index (χ4v) is 4.33. The molecule has 13 heteroatoms. The van der Waals surface area contributed by atoms with Gasteiger partial charge >= 0.3 is 25.0 Å². The zero-order valence-electron chi connectivity index (χ0n) is 15.7. The van der Waals surface area contributed by atoms with Crippen molar-refractivity contribution in [1.82, 2.24) is 10.1 Å². The lowest BCUT2D eigenvalue weighted by atomic mass is 10.2. The highest BCUT2D eigenvalue weighted by Gasteiger charge is 2.36. The van der Waals surface area contributed by atoms with E-state index in [1.807, 2.05) is 0 Å². The summed E-state index contributed by atoms with van der Waals surface area (Å²) in [6.45, 7) is 1.65. The predicted molar refractivity (Wildman–Crippen MR) is 103 cm³/mol. The molecule has 1 N–H and O–H groups in total. The van der Waals surface area contributed by atoms with Gasteiger partial charge in [0.25, 0.3) is 0 Å². The zero-order valence-corrected chi connectivity index (χ0v) is 17.3. The van der Waals surface area contributed by atoms with Gasteiger partial charge in [-0.1, -0.05) is 17.3 Å². The lowest BCUT2D eigenvalue weighted by Crippen LogP contribution is -2.14. The molecule has 0 saturated heterocycles. The monoisotopic (exact) mass is 481 g/mol. The first-order valence-corrected chi connectivity index (χ1v) is 10.6. The van der Waals surface area contributed by atoms with E-state index in [9.17, 15) is 26.5 Å². The van der Waals surface area contributed by atoms with E-state index in [2.05, 4.69) is 19.8 Å². The van der Waals surface area contributed by atoms with Crippen LogP contribution in [0.5, 0.6) is 0 Å². The first-order valence-electron chi connectivity index (χ1n) is 8.64. The molecule has 3 rings (SSSR count). The van der Waals surface area contributed by atoms with E-state index in [0.717, 1.165) is 24.3 Å². The lowest BCUT2D eigenvalue weighted by molar-refractivity contribution is -0.137. The van der Waals surface area contributed by atoms with Gasteiger partial charge in [0.15, 0.2) is 0 Å². The molecule has 1 aromatic heterocycles. The Morgan fingerprint density at radius 3 is 2.16 bits per heavy atom. The van der Waals surface area contributed by atoms with Crippen LogP contribution in [0.3, 0.4) is 0 Å². The summed E-state index contributed by atoms with van der Waals surface area (Å²) in [4.78, 5) is 3.51. The van der Waals surface area contributed by atoms with Crippen LogP contribution in [-0.2, 0) is 20.6 Å². The average Bonchev–Trinajstić information content (AvgIpc) is 3.19. The molecule has 2 aromatic carbocycles. The highest BCUT2D eigenvalue weighted by Crippen LogP contribution is 2.46. The molecule has 0 aliphatic rings. The summed E-state index contributed by atoms with van der Waals surface area (Å²) in [6.07, 6.45) is -4.50. The molecule has 6 nitrogen and oxygen atoms in total. The summed E-state index contributed by atoms with van der Waals surface area (Å²) in [5.41, 5.74) is -0.422. The number of hydrogen-bond donors (Lipinski definition) is 1. The topological polar surface area (TPSA) is 77.2 Å². The summed E-state index contributed by atoms with van der Waals surface area (Å²) >= 11 is 4.84. The number of alkyl halides is 6. The summed E-state index contributed by atoms with van der Waals surface area (Å²) in [5.74, 6) is -1.24. The zero-order chi connectivity index (χ0) is 22.9. The van der Waals surface area contributed by atoms with Gasteiger partial charge in [-0.25, -0.2) is 0 Å². The van der Waals surface area contributed by atoms with Crippen molar-refractivity contribution in [3.05, 3.63) is 60.0 Å². The van der Waals surface area contributed by atoms with Crippen molar-refractivity contribution in [1.29, 1.82) is 0 Å². The van der Waals surface area contributed by atoms with Crippen LogP contribution >= 0.6 is 19.1 Å². The predicted octanol–water partition coefficient (Wildman–Crippen LogP) is 6.01. The van der Waals surface area contributed by atoms with E-state index in [1.165, 1.54) is 24.3 Å². The van der Waals surface area contributed by atoms with Gasteiger partial charge in [-0.2, -0.15) is 26.9 Å². The number of halogens is 6. The lowest BCUT2D eigenvalue weighted by Gasteiger charge is -2.20. The fourth-order valence-electron chi connectivity index (χ4n) is 2.52. The van der Waals surface area contributed by atoms with Gasteiger partial charge < -0.3 is 14.1 Å². The van der Waals surface area contributed by atoms with Crippen LogP contribution in [-0.4, -0.2) is 16.7 Å². The van der Waals surface area contributed by atoms with Gasteiger partial charge in [0.05, 0.1) is 17.5 Å². The van der Waals surface area contributed by atoms with E-state index in [-0.39, 0.29) is 29.0 Å². The van der Waals surface area contributed by atoms with Gasteiger partial charge in [-0.05, 0) is 54.9 Å². The van der Waals surface area contributed by atoms with Crippen molar-refractivity contribution in [2.75, 3.05) is 11.7 Å². The minimum absolute atomic E-state index is 0.0473. The number of aromatic nitrogens is 2. The van der Waals surface area contributed by atoms with Crippen LogP contribution in [0.2, 0.25) is 0 Å². The molecule has 1 atom stereocenters. The molecule has 1 heterocycles. The second-order valence-electron chi connectivity index (χ2n) is 6.12. The summed E-state index contributed by atoms with van der Waals surface area (Å²) in [7, 11) is -3.72. The highest BCUT2D eigenvalue weighted by molar-refractivity contribution is 7.68. The average molecular weight is 482 g/mol. The second kappa shape index (κ2) is 8.57. The minimum atomic E-state index is -4.50. The maximum Gasteiger partial charge on any atom is 0.416 e. The Bertz CT molecular complexity index is 1080. The van der Waals surface area contributed by atoms with Crippen LogP contribution < -0.4 is 10.4 Å². The number of nitrogens with one attached hydrogen (secondary N) is 1. The fraction of sp³-hybridized carbons (Fsp3) is 0.222. The van der Waals surface area contributed by atoms with Crippen molar-refractivity contribution in [3.8, 4) is 11.4 Å². The Kier molecular flexibility index (Phi) is 6.40. The van der Waals surface area contributed by atoms with E-state index in [1.54, 1.807) is 6.92 Å². The SMILES string of the molecule is CCOP(=O)(Nc1ccc(C(F)(F)F)cc1)c1ccc(-c2noc(C(F)(F)Cl)n2)cc1. The van der Waals surface area contributed by atoms with E-state index in [0.29, 0.717) is 0 Å². The van der Waals surface area contributed by atoms with E-state index < -0.39 is 30.5 Å². The molecule has 0 radical (unpaired) electrons. The first-order chi connectivity index (χ1) is 14.4. The van der Waals surface area contributed by atoms with Crippen molar-refractivity contribution in [2.24, 2.45) is 0 Å². The molecule has 0 fully saturated rings. The summed E-state index contributed by atoms with van der Waals surface area (Å²) in [6, 6.07) is 9.54. The smallest absolute Gasteiger partial charge is 0.331 e. The van der Waals surface area contributed by atoms with Crippen LogP contribution in [0.25, 0.3) is 11.4 Å². The molecular weight excluding hydrogens is 468 g/mol. The Morgan fingerprint density at radius 1 is 1.06 bits per heavy atom. The Morgan fingerprint density at radius 2 is 1.68 bits per heavy atom. The first kappa shape index (κ1) is 23.2. The van der Waals surface area contributed by atoms with E-state index in [4.69, 9.17) is 16.1 Å². The number of nitrogens with zero attached hydrogens (tertiary/aromatic N) is 2. The van der Waals surface area contributed by atoms with Gasteiger partial charge in [-0.3, -0.25) is 4.57 Å². The van der Waals surface area contributed by atoms with Gasteiger partial charge in [0, 0.05) is 11.3 Å². The number of rotatable bonds is 7. The van der Waals surface area contributed by atoms with Crippen LogP contribution in [0.15, 0.2) is 53.1 Å². The third-order valence-electron chi connectivity index (χ3n) is 3.93. The molecule has 3 aromatic rings. The molecule has 166 valence electrons. The third kappa shape index (κ3) is 5.41. The van der Waals surface area contributed by atoms with Crippen LogP contribution in [0.1, 0.15) is 18.4 Å². The van der Waals surface area contributed by atoms with Crippen molar-refractivity contribution in [2.45, 2.75) is 18.5 Å². The minimum Gasteiger partial charge on any atom is -0.331 e. The molecule has 0 aliphatic carbocycles. The standard InChI is InChI=1S/C18H14ClF5N3O3P/c1-2-29-31(28,27-13-7-5-12(6-8-13)18(22,23)24)14-9-3-11(4-10-14)15-25-16(30-26-15)17(19,20)21/h3-10H,2H2,1H3,(H,27,28). The van der Waals surface area contributed by atoms with Crippen LogP contribution in [0.4, 0.5) is 27.6 Å². The maximum atomic E-state index is 13.3. The Labute approximate surface area is 177 Å². The summed E-state index contributed by atoms with van der Waals surface area (Å²) in [5, 5.41) is 2.42. The Balaban J connectivity index is 1.85. The molecule has 0 amide bonds. The molecule has 0 saturated carbocycles. The highest BCUT2D eigenvalue weighted by atomic mass is 35.5. The van der Waals surface area contributed by atoms with Crippen molar-refractivity contribution >= 4 is 30.1 Å². The molecule has 0 spiro atoms. The number of benzene rings is 2. The number of hydrogen-bond acceptors (Lipinski definition) is 5. The number of anilines is 1. The molecule has 0 aliphatic heterocycles. The second-order valence-corrected chi connectivity index (χ2v) is 8.70. The normalized spacial score (nSPS) is 14.3. The third-order valence-corrected chi connectivity index (χ3v) is 6.25. The Hall–Kier alpha value is -2.49. The molecule has 31 heavy (non-hydrogen) atoms. The quantitative estimate of drug-likeness (QED) is 0.253. The van der Waals surface area contributed by atoms with E-state index >= 15 is 0 Å². The molecule has 1 unspecified atom stereocenters. The van der Waals surface area contributed by atoms with Gasteiger partial charge in [0.1, 0.15) is 0 Å².